The van der Waals surface area contributed by atoms with Crippen molar-refractivity contribution in [1.82, 2.24) is 15.5 Å². The lowest BCUT2D eigenvalue weighted by atomic mass is 10.1. The van der Waals surface area contributed by atoms with Crippen LogP contribution in [0, 0.1) is 5.82 Å². The normalized spacial score (nSPS) is 13.5. The maximum Gasteiger partial charge on any atom is 0.419 e. The monoisotopic (exact) mass is 305 g/mol. The van der Waals surface area contributed by atoms with Crippen molar-refractivity contribution >= 4 is 11.3 Å². The van der Waals surface area contributed by atoms with Gasteiger partial charge in [-0.05, 0) is 26.1 Å². The lowest BCUT2D eigenvalue weighted by Gasteiger charge is -2.09. The first-order chi connectivity index (χ1) is 9.34. The zero-order chi connectivity index (χ0) is 14.9. The highest BCUT2D eigenvalue weighted by Gasteiger charge is 2.35. The summed E-state index contributed by atoms with van der Waals surface area (Å²) >= 11 is 1.06. The summed E-state index contributed by atoms with van der Waals surface area (Å²) in [6.07, 6.45) is -4.73. The molecular formula is C12H11F4N3S. The Balaban J connectivity index is 2.46. The molecule has 0 radical (unpaired) electrons. The van der Waals surface area contributed by atoms with Crippen molar-refractivity contribution in [2.24, 2.45) is 0 Å². The van der Waals surface area contributed by atoms with Gasteiger partial charge in [-0.25, -0.2) is 4.39 Å². The van der Waals surface area contributed by atoms with Gasteiger partial charge < -0.3 is 5.32 Å². The Labute approximate surface area is 116 Å². The second-order valence-corrected chi connectivity index (χ2v) is 5.13. The van der Waals surface area contributed by atoms with Gasteiger partial charge in [0.15, 0.2) is 5.01 Å². The van der Waals surface area contributed by atoms with Crippen molar-refractivity contribution in [2.75, 3.05) is 7.05 Å². The summed E-state index contributed by atoms with van der Waals surface area (Å²) in [5.74, 6) is -1.32. The quantitative estimate of drug-likeness (QED) is 0.880. The van der Waals surface area contributed by atoms with Gasteiger partial charge in [0.05, 0.1) is 11.6 Å². The summed E-state index contributed by atoms with van der Waals surface area (Å²) in [6, 6.07) is 3.02. The molecule has 0 saturated carbocycles. The topological polar surface area (TPSA) is 37.8 Å². The number of hydrogen-bond acceptors (Lipinski definition) is 4. The van der Waals surface area contributed by atoms with E-state index in [-0.39, 0.29) is 16.6 Å². The van der Waals surface area contributed by atoms with Gasteiger partial charge in [0.1, 0.15) is 10.8 Å². The summed E-state index contributed by atoms with van der Waals surface area (Å²) in [6.45, 7) is 1.83. The Morgan fingerprint density at radius 1 is 1.25 bits per heavy atom. The van der Waals surface area contributed by atoms with Crippen LogP contribution >= 0.6 is 11.3 Å². The molecule has 0 aliphatic carbocycles. The number of nitrogens with zero attached hydrogens (tertiary/aromatic N) is 2. The molecule has 1 heterocycles. The van der Waals surface area contributed by atoms with Crippen molar-refractivity contribution in [3.8, 4) is 10.6 Å². The number of hydrogen-bond donors (Lipinski definition) is 1. The number of rotatable bonds is 3. The Hall–Kier alpha value is -1.54. The third-order valence-corrected chi connectivity index (χ3v) is 3.92. The molecule has 20 heavy (non-hydrogen) atoms. The van der Waals surface area contributed by atoms with Gasteiger partial charge in [-0.15, -0.1) is 10.2 Å². The molecule has 1 aromatic carbocycles. The highest BCUT2D eigenvalue weighted by atomic mass is 32.1. The fraction of sp³-hybridized carbons (Fsp3) is 0.333. The van der Waals surface area contributed by atoms with Gasteiger partial charge in [0, 0.05) is 5.56 Å². The van der Waals surface area contributed by atoms with Gasteiger partial charge >= 0.3 is 6.18 Å². The maximum atomic E-state index is 13.9. The van der Waals surface area contributed by atoms with Crippen LogP contribution in [0.25, 0.3) is 10.6 Å². The number of alkyl halides is 3. The van der Waals surface area contributed by atoms with Crippen LogP contribution < -0.4 is 5.32 Å². The van der Waals surface area contributed by atoms with Gasteiger partial charge in [0.2, 0.25) is 0 Å². The molecule has 1 unspecified atom stereocenters. The fourth-order valence-electron chi connectivity index (χ4n) is 1.56. The molecule has 2 aromatic rings. The predicted molar refractivity (Wildman–Crippen MR) is 67.8 cm³/mol. The molecule has 1 aromatic heterocycles. The summed E-state index contributed by atoms with van der Waals surface area (Å²) in [5.41, 5.74) is -1.49. The number of halogens is 4. The van der Waals surface area contributed by atoms with Crippen LogP contribution in [0.1, 0.15) is 23.5 Å². The van der Waals surface area contributed by atoms with E-state index < -0.39 is 17.6 Å². The average Bonchev–Trinajstić information content (AvgIpc) is 2.86. The van der Waals surface area contributed by atoms with Crippen LogP contribution in [0.15, 0.2) is 18.2 Å². The zero-order valence-electron chi connectivity index (χ0n) is 10.6. The molecule has 8 heteroatoms. The molecule has 0 aliphatic heterocycles. The van der Waals surface area contributed by atoms with Crippen molar-refractivity contribution in [1.29, 1.82) is 0 Å². The molecule has 1 N–H and O–H groups in total. The van der Waals surface area contributed by atoms with Crippen molar-refractivity contribution in [2.45, 2.75) is 19.1 Å². The van der Waals surface area contributed by atoms with E-state index in [0.717, 1.165) is 17.4 Å². The van der Waals surface area contributed by atoms with E-state index >= 15 is 0 Å². The summed E-state index contributed by atoms with van der Waals surface area (Å²) < 4.78 is 51.9. The maximum absolute atomic E-state index is 13.9. The molecular weight excluding hydrogens is 294 g/mol. The van der Waals surface area contributed by atoms with Gasteiger partial charge in [-0.3, -0.25) is 0 Å². The minimum Gasteiger partial charge on any atom is -0.311 e. The third kappa shape index (κ3) is 2.80. The average molecular weight is 305 g/mol. The molecule has 0 spiro atoms. The van der Waals surface area contributed by atoms with Crippen LogP contribution in [-0.2, 0) is 6.18 Å². The van der Waals surface area contributed by atoms with Crippen molar-refractivity contribution in [3.63, 3.8) is 0 Å². The SMILES string of the molecule is CNC(C)c1nnc(-c2cccc(C(F)(F)F)c2F)s1. The molecule has 2 rings (SSSR count). The summed E-state index contributed by atoms with van der Waals surface area (Å²) in [5, 5.41) is 11.3. The predicted octanol–water partition coefficient (Wildman–Crippen LogP) is 3.64. The van der Waals surface area contributed by atoms with Crippen LogP contribution in [0.5, 0.6) is 0 Å². The fourth-order valence-corrected chi connectivity index (χ4v) is 2.48. The van der Waals surface area contributed by atoms with E-state index in [4.69, 9.17) is 0 Å². The highest BCUT2D eigenvalue weighted by molar-refractivity contribution is 7.14. The lowest BCUT2D eigenvalue weighted by Crippen LogP contribution is -2.11. The van der Waals surface area contributed by atoms with Crippen LogP contribution in [0.4, 0.5) is 17.6 Å². The van der Waals surface area contributed by atoms with Gasteiger partial charge in [-0.1, -0.05) is 17.4 Å². The zero-order valence-corrected chi connectivity index (χ0v) is 11.4. The van der Waals surface area contributed by atoms with Crippen LogP contribution in [0.3, 0.4) is 0 Å². The Kier molecular flexibility index (Phi) is 4.05. The van der Waals surface area contributed by atoms with Crippen LogP contribution in [-0.4, -0.2) is 17.2 Å². The first-order valence-electron chi connectivity index (χ1n) is 5.71. The summed E-state index contributed by atoms with van der Waals surface area (Å²) in [7, 11) is 1.72. The first kappa shape index (κ1) is 14.9. The van der Waals surface area contributed by atoms with E-state index in [1.807, 2.05) is 6.92 Å². The van der Waals surface area contributed by atoms with E-state index in [9.17, 15) is 17.6 Å². The second-order valence-electron chi connectivity index (χ2n) is 4.12. The molecule has 3 nitrogen and oxygen atoms in total. The highest BCUT2D eigenvalue weighted by Crippen LogP contribution is 2.36. The van der Waals surface area contributed by atoms with E-state index in [0.29, 0.717) is 11.1 Å². The Bertz CT molecular complexity index is 609. The Morgan fingerprint density at radius 3 is 2.55 bits per heavy atom. The number of benzene rings is 1. The second kappa shape index (κ2) is 5.45. The first-order valence-corrected chi connectivity index (χ1v) is 6.53. The standard InChI is InChI=1S/C12H11F4N3S/c1-6(17-2)10-18-19-11(20-10)7-4-3-5-8(9(7)13)12(14,15)16/h3-6,17H,1-2H3. The van der Waals surface area contributed by atoms with Crippen molar-refractivity contribution in [3.05, 3.63) is 34.6 Å². The van der Waals surface area contributed by atoms with Crippen LogP contribution in [0.2, 0.25) is 0 Å². The molecule has 0 bridgehead atoms. The van der Waals surface area contributed by atoms with E-state index in [2.05, 4.69) is 15.5 Å². The summed E-state index contributed by atoms with van der Waals surface area (Å²) in [4.78, 5) is 0. The van der Waals surface area contributed by atoms with Gasteiger partial charge in [-0.2, -0.15) is 13.2 Å². The smallest absolute Gasteiger partial charge is 0.311 e. The third-order valence-electron chi connectivity index (χ3n) is 2.78. The Morgan fingerprint density at radius 2 is 1.95 bits per heavy atom. The number of nitrogens with one attached hydrogen (secondary N) is 1. The van der Waals surface area contributed by atoms with Gasteiger partial charge in [0.25, 0.3) is 0 Å². The van der Waals surface area contributed by atoms with Crippen molar-refractivity contribution < 1.29 is 17.6 Å². The molecule has 0 amide bonds. The largest absolute Gasteiger partial charge is 0.419 e. The molecule has 1 atom stereocenters. The lowest BCUT2D eigenvalue weighted by molar-refractivity contribution is -0.139. The minimum absolute atomic E-state index is 0.102. The van der Waals surface area contributed by atoms with E-state index in [1.165, 1.54) is 6.07 Å². The minimum atomic E-state index is -4.73. The number of aromatic nitrogens is 2. The van der Waals surface area contributed by atoms with E-state index in [1.54, 1.807) is 7.05 Å². The molecule has 0 aliphatic rings. The molecule has 108 valence electrons. The molecule has 0 fully saturated rings. The molecule has 0 saturated heterocycles.